The molecule has 0 atom stereocenters. The highest BCUT2D eigenvalue weighted by Gasteiger charge is 2.22. The van der Waals surface area contributed by atoms with E-state index < -0.39 is 0 Å². The topological polar surface area (TPSA) is 56.8 Å². The highest BCUT2D eigenvalue weighted by Crippen LogP contribution is 2.17. The highest BCUT2D eigenvalue weighted by atomic mass is 79.9. The minimum Gasteiger partial charge on any atom is -0.353 e. The first-order valence-electron chi connectivity index (χ1n) is 9.97. The van der Waals surface area contributed by atoms with E-state index in [0.717, 1.165) is 49.3 Å². The lowest BCUT2D eigenvalue weighted by Crippen LogP contribution is -2.49. The third-order valence-corrected chi connectivity index (χ3v) is 5.26. The maximum absolute atomic E-state index is 12.4. The van der Waals surface area contributed by atoms with Gasteiger partial charge in [-0.3, -0.25) is 9.59 Å². The fourth-order valence-electron chi connectivity index (χ4n) is 3.35. The van der Waals surface area contributed by atoms with Crippen molar-refractivity contribution in [3.63, 3.8) is 0 Å². The molecule has 2 heterocycles. The maximum Gasteiger partial charge on any atom is 0.222 e. The molecule has 0 unspecified atom stereocenters. The molecule has 0 aliphatic carbocycles. The summed E-state index contributed by atoms with van der Waals surface area (Å²) in [5.74, 6) is 1.28. The molecular formula is C20H31BrN4O2. The van der Waals surface area contributed by atoms with Gasteiger partial charge in [0.25, 0.3) is 0 Å². The van der Waals surface area contributed by atoms with E-state index in [4.69, 9.17) is 0 Å². The number of pyridine rings is 1. The van der Waals surface area contributed by atoms with E-state index in [1.165, 1.54) is 0 Å². The van der Waals surface area contributed by atoms with Gasteiger partial charge in [0.2, 0.25) is 11.8 Å². The second-order valence-electron chi connectivity index (χ2n) is 6.94. The van der Waals surface area contributed by atoms with E-state index in [1.54, 1.807) is 6.20 Å². The van der Waals surface area contributed by atoms with Gasteiger partial charge >= 0.3 is 0 Å². The number of anilines is 1. The quantitative estimate of drug-likeness (QED) is 0.593. The van der Waals surface area contributed by atoms with Crippen molar-refractivity contribution >= 4 is 33.6 Å². The van der Waals surface area contributed by atoms with Crippen molar-refractivity contribution in [2.45, 2.75) is 46.0 Å². The van der Waals surface area contributed by atoms with Crippen LogP contribution in [0.15, 0.2) is 22.8 Å². The molecule has 1 aromatic heterocycles. The number of amides is 2. The van der Waals surface area contributed by atoms with Crippen molar-refractivity contribution in [2.75, 3.05) is 44.2 Å². The molecule has 0 saturated carbocycles. The lowest BCUT2D eigenvalue weighted by atomic mass is 10.2. The predicted molar refractivity (Wildman–Crippen MR) is 112 cm³/mol. The molecule has 0 spiro atoms. The minimum absolute atomic E-state index is 0.156. The van der Waals surface area contributed by atoms with Gasteiger partial charge in [0, 0.05) is 62.8 Å². The summed E-state index contributed by atoms with van der Waals surface area (Å²) in [5.41, 5.74) is 0. The molecular weight excluding hydrogens is 408 g/mol. The first-order valence-corrected chi connectivity index (χ1v) is 10.8. The Labute approximate surface area is 171 Å². The molecule has 2 amide bonds. The van der Waals surface area contributed by atoms with Gasteiger partial charge in [-0.1, -0.05) is 13.8 Å². The van der Waals surface area contributed by atoms with Gasteiger partial charge in [0.15, 0.2) is 0 Å². The highest BCUT2D eigenvalue weighted by molar-refractivity contribution is 9.10. The molecule has 1 aliphatic heterocycles. The van der Waals surface area contributed by atoms with Gasteiger partial charge in [-0.2, -0.15) is 0 Å². The molecule has 1 fully saturated rings. The van der Waals surface area contributed by atoms with E-state index in [-0.39, 0.29) is 11.8 Å². The summed E-state index contributed by atoms with van der Waals surface area (Å²) in [6, 6.07) is 3.97. The average molecular weight is 439 g/mol. The normalized spacial score (nSPS) is 14.3. The Balaban J connectivity index is 1.71. The van der Waals surface area contributed by atoms with Crippen LogP contribution >= 0.6 is 15.9 Å². The molecule has 0 aromatic carbocycles. The van der Waals surface area contributed by atoms with Gasteiger partial charge in [-0.15, -0.1) is 0 Å². The minimum atomic E-state index is 0.156. The number of aromatic nitrogens is 1. The summed E-state index contributed by atoms with van der Waals surface area (Å²) in [7, 11) is 0. The fourth-order valence-corrected chi connectivity index (χ4v) is 3.58. The molecule has 1 saturated heterocycles. The van der Waals surface area contributed by atoms with Gasteiger partial charge < -0.3 is 14.7 Å². The molecule has 7 heteroatoms. The second-order valence-corrected chi connectivity index (χ2v) is 7.85. The Hall–Kier alpha value is -1.63. The number of halogens is 1. The van der Waals surface area contributed by atoms with Gasteiger partial charge in [-0.25, -0.2) is 4.98 Å². The summed E-state index contributed by atoms with van der Waals surface area (Å²) in [6.07, 6.45) is 5.30. The first kappa shape index (κ1) is 21.7. The average Bonchev–Trinajstić information content (AvgIpc) is 2.68. The van der Waals surface area contributed by atoms with Gasteiger partial charge in [0.1, 0.15) is 5.82 Å². The molecule has 0 radical (unpaired) electrons. The van der Waals surface area contributed by atoms with Crippen LogP contribution in [-0.2, 0) is 9.59 Å². The van der Waals surface area contributed by atoms with Crippen molar-refractivity contribution < 1.29 is 9.59 Å². The number of nitrogens with zero attached hydrogens (tertiary/aromatic N) is 4. The maximum atomic E-state index is 12.4. The Morgan fingerprint density at radius 3 is 2.30 bits per heavy atom. The first-order chi connectivity index (χ1) is 13.0. The van der Waals surface area contributed by atoms with Crippen molar-refractivity contribution in [3.05, 3.63) is 22.8 Å². The van der Waals surface area contributed by atoms with E-state index in [2.05, 4.69) is 39.7 Å². The molecule has 0 N–H and O–H groups in total. The smallest absolute Gasteiger partial charge is 0.222 e. The summed E-state index contributed by atoms with van der Waals surface area (Å²) in [4.78, 5) is 35.2. The van der Waals surface area contributed by atoms with Crippen LogP contribution in [0.2, 0.25) is 0 Å². The number of rotatable bonds is 9. The number of carbonyl (C=O) groups is 2. The Kier molecular flexibility index (Phi) is 9.04. The summed E-state index contributed by atoms with van der Waals surface area (Å²) < 4.78 is 0.964. The van der Waals surface area contributed by atoms with Crippen LogP contribution in [0.5, 0.6) is 0 Å². The molecule has 150 valence electrons. The molecule has 0 bridgehead atoms. The largest absolute Gasteiger partial charge is 0.353 e. The molecule has 2 rings (SSSR count). The molecule has 27 heavy (non-hydrogen) atoms. The Morgan fingerprint density at radius 2 is 1.74 bits per heavy atom. The standard InChI is InChI=1S/C20H31BrN4O2/c1-3-10-24(11-4-2)19(26)6-5-7-20(27)25-14-12-23(13-15-25)18-9-8-17(21)16-22-18/h8-9,16H,3-7,10-15H2,1-2H3. The van der Waals surface area contributed by atoms with Crippen LogP contribution in [0, 0.1) is 0 Å². The fraction of sp³-hybridized carbons (Fsp3) is 0.650. The Morgan fingerprint density at radius 1 is 1.07 bits per heavy atom. The van der Waals surface area contributed by atoms with E-state index in [9.17, 15) is 9.59 Å². The van der Waals surface area contributed by atoms with Crippen molar-refractivity contribution in [2.24, 2.45) is 0 Å². The lowest BCUT2D eigenvalue weighted by Gasteiger charge is -2.35. The summed E-state index contributed by atoms with van der Waals surface area (Å²) >= 11 is 3.40. The van der Waals surface area contributed by atoms with Crippen molar-refractivity contribution in [1.82, 2.24) is 14.8 Å². The van der Waals surface area contributed by atoms with E-state index in [1.807, 2.05) is 21.9 Å². The van der Waals surface area contributed by atoms with Crippen LogP contribution in [0.4, 0.5) is 5.82 Å². The van der Waals surface area contributed by atoms with Gasteiger partial charge in [0.05, 0.1) is 0 Å². The van der Waals surface area contributed by atoms with Crippen molar-refractivity contribution in [3.8, 4) is 0 Å². The SMILES string of the molecule is CCCN(CCC)C(=O)CCCC(=O)N1CCN(c2ccc(Br)cn2)CC1. The zero-order valence-corrected chi connectivity index (χ0v) is 18.1. The lowest BCUT2D eigenvalue weighted by molar-refractivity contribution is -0.133. The summed E-state index contributed by atoms with van der Waals surface area (Å²) in [6.45, 7) is 8.80. The predicted octanol–water partition coefficient (Wildman–Crippen LogP) is 3.31. The van der Waals surface area contributed by atoms with E-state index >= 15 is 0 Å². The summed E-state index contributed by atoms with van der Waals surface area (Å²) in [5, 5.41) is 0. The number of piperazine rings is 1. The molecule has 1 aromatic rings. The van der Waals surface area contributed by atoms with Crippen molar-refractivity contribution in [1.29, 1.82) is 0 Å². The van der Waals surface area contributed by atoms with Gasteiger partial charge in [-0.05, 0) is 47.3 Å². The number of hydrogen-bond donors (Lipinski definition) is 0. The Bertz CT molecular complexity index is 595. The zero-order valence-electron chi connectivity index (χ0n) is 16.5. The second kappa shape index (κ2) is 11.3. The van der Waals surface area contributed by atoms with Crippen LogP contribution in [0.3, 0.4) is 0 Å². The third kappa shape index (κ3) is 6.79. The number of hydrogen-bond acceptors (Lipinski definition) is 4. The molecule has 6 nitrogen and oxygen atoms in total. The van der Waals surface area contributed by atoms with Crippen LogP contribution in [-0.4, -0.2) is 65.9 Å². The number of carbonyl (C=O) groups excluding carboxylic acids is 2. The van der Waals surface area contributed by atoms with E-state index in [0.29, 0.717) is 32.4 Å². The third-order valence-electron chi connectivity index (χ3n) is 4.79. The molecule has 1 aliphatic rings. The van der Waals surface area contributed by atoms with Crippen LogP contribution in [0.1, 0.15) is 46.0 Å². The van der Waals surface area contributed by atoms with Crippen LogP contribution < -0.4 is 4.90 Å². The zero-order chi connectivity index (χ0) is 19.6. The monoisotopic (exact) mass is 438 g/mol. The van der Waals surface area contributed by atoms with Crippen LogP contribution in [0.25, 0.3) is 0 Å².